The van der Waals surface area contributed by atoms with Gasteiger partial charge in [-0.1, -0.05) is 55.4 Å². The van der Waals surface area contributed by atoms with Crippen molar-refractivity contribution in [1.29, 1.82) is 0 Å². The van der Waals surface area contributed by atoms with Gasteiger partial charge in [0, 0.05) is 20.2 Å². The van der Waals surface area contributed by atoms with Gasteiger partial charge in [-0.2, -0.15) is 0 Å². The Bertz CT molecular complexity index is 950. The molecule has 158 valence electrons. The molecule has 0 bridgehead atoms. The predicted molar refractivity (Wildman–Crippen MR) is 134 cm³/mol. The van der Waals surface area contributed by atoms with Crippen LogP contribution in [-0.4, -0.2) is 0 Å². The van der Waals surface area contributed by atoms with Crippen LogP contribution in [0, 0.1) is 0 Å². The van der Waals surface area contributed by atoms with E-state index in [2.05, 4.69) is 66.7 Å². The van der Waals surface area contributed by atoms with Gasteiger partial charge in [-0.05, 0) is 95.9 Å². The molecule has 0 unspecified atom stereocenters. The summed E-state index contributed by atoms with van der Waals surface area (Å²) in [6.45, 7) is 18.9. The average molecular weight is 409 g/mol. The molecule has 0 saturated carbocycles. The molecule has 0 amide bonds. The normalized spacial score (nSPS) is 11.9. The summed E-state index contributed by atoms with van der Waals surface area (Å²) in [6.07, 6.45) is 9.21. The Kier molecular flexibility index (Phi) is 7.10. The van der Waals surface area contributed by atoms with Crippen molar-refractivity contribution in [2.45, 2.75) is 107 Å². The van der Waals surface area contributed by atoms with Crippen LogP contribution in [0.4, 0.5) is 0 Å². The number of aryl methyl sites for hydroxylation is 4. The number of fused-ring (bicyclic) bond motifs is 3. The van der Waals surface area contributed by atoms with E-state index < -0.39 is 0 Å². The van der Waals surface area contributed by atoms with Crippen molar-refractivity contribution in [2.75, 3.05) is 0 Å². The molecule has 0 aliphatic heterocycles. The molecule has 0 aliphatic carbocycles. The third-order valence-corrected chi connectivity index (χ3v) is 8.38. The summed E-state index contributed by atoms with van der Waals surface area (Å²) in [7, 11) is 0. The molecule has 1 heteroatoms. The molecule has 1 aromatic heterocycles. The van der Waals surface area contributed by atoms with Crippen molar-refractivity contribution < 1.29 is 0 Å². The highest BCUT2D eigenvalue weighted by Crippen LogP contribution is 2.47. The van der Waals surface area contributed by atoms with Crippen molar-refractivity contribution in [1.82, 2.24) is 0 Å². The quantitative estimate of drug-likeness (QED) is 0.350. The Morgan fingerprint density at radius 2 is 0.586 bits per heavy atom. The fourth-order valence-corrected chi connectivity index (χ4v) is 7.61. The lowest BCUT2D eigenvalue weighted by Gasteiger charge is -2.21. The largest absolute Gasteiger partial charge is 0.135 e. The van der Waals surface area contributed by atoms with Crippen LogP contribution in [0.25, 0.3) is 20.2 Å². The molecule has 0 aliphatic rings. The van der Waals surface area contributed by atoms with Gasteiger partial charge < -0.3 is 0 Å². The van der Waals surface area contributed by atoms with Crippen molar-refractivity contribution in [2.24, 2.45) is 0 Å². The van der Waals surface area contributed by atoms with Crippen LogP contribution in [0.3, 0.4) is 0 Å². The Morgan fingerprint density at radius 3 is 0.828 bits per heavy atom. The molecule has 0 saturated heterocycles. The first-order valence-corrected chi connectivity index (χ1v) is 13.0. The van der Waals surface area contributed by atoms with Gasteiger partial charge in [0.2, 0.25) is 0 Å². The maximum Gasteiger partial charge on any atom is 0.0393 e. The fraction of sp³-hybridized carbons (Fsp3) is 0.571. The van der Waals surface area contributed by atoms with Crippen molar-refractivity contribution in [3.05, 3.63) is 44.5 Å². The Hall–Kier alpha value is -1.34. The number of rotatable bonds is 8. The van der Waals surface area contributed by atoms with Crippen LogP contribution < -0.4 is 0 Å². The monoisotopic (exact) mass is 408 g/mol. The molecule has 29 heavy (non-hydrogen) atoms. The van der Waals surface area contributed by atoms with E-state index in [1.165, 1.54) is 0 Å². The first kappa shape index (κ1) is 22.3. The first-order chi connectivity index (χ1) is 14.1. The molecular weight excluding hydrogens is 368 g/mol. The minimum absolute atomic E-state index is 1.14. The molecule has 0 fully saturated rings. The summed E-state index contributed by atoms with van der Waals surface area (Å²) in [5.74, 6) is 0. The minimum Gasteiger partial charge on any atom is -0.135 e. The maximum atomic E-state index is 2.37. The van der Waals surface area contributed by atoms with E-state index >= 15 is 0 Å². The standard InChI is InChI=1S/C28H40S/c1-9-17-19(11-3)23(15-7)27-25(21(17)13-5)26-22(14-6)18(10-2)20(12-4)24(16-8)28(26)29-27/h9-16H2,1-8H3. The fourth-order valence-electron chi connectivity index (χ4n) is 5.97. The van der Waals surface area contributed by atoms with Gasteiger partial charge in [-0.15, -0.1) is 11.3 Å². The predicted octanol–water partition coefficient (Wildman–Crippen LogP) is 8.55. The number of hydrogen-bond donors (Lipinski definition) is 0. The van der Waals surface area contributed by atoms with Crippen LogP contribution >= 0.6 is 11.3 Å². The second-order valence-corrected chi connectivity index (χ2v) is 9.19. The zero-order chi connectivity index (χ0) is 21.3. The van der Waals surface area contributed by atoms with Crippen LogP contribution in [0.1, 0.15) is 99.9 Å². The van der Waals surface area contributed by atoms with E-state index in [0.717, 1.165) is 51.4 Å². The van der Waals surface area contributed by atoms with Gasteiger partial charge in [-0.25, -0.2) is 0 Å². The third-order valence-electron chi connectivity index (χ3n) is 7.07. The molecule has 3 rings (SSSR count). The van der Waals surface area contributed by atoms with Crippen LogP contribution in [0.2, 0.25) is 0 Å². The second-order valence-electron chi connectivity index (χ2n) is 8.17. The Morgan fingerprint density at radius 1 is 0.345 bits per heavy atom. The Labute approximate surface area is 182 Å². The highest BCUT2D eigenvalue weighted by atomic mass is 32.1. The Balaban J connectivity index is 2.73. The third kappa shape index (κ3) is 3.25. The minimum atomic E-state index is 1.14. The van der Waals surface area contributed by atoms with E-state index in [9.17, 15) is 0 Å². The van der Waals surface area contributed by atoms with E-state index in [1.807, 2.05) is 0 Å². The smallest absolute Gasteiger partial charge is 0.0393 e. The van der Waals surface area contributed by atoms with Gasteiger partial charge >= 0.3 is 0 Å². The van der Waals surface area contributed by atoms with Crippen molar-refractivity contribution in [3.8, 4) is 0 Å². The van der Waals surface area contributed by atoms with Gasteiger partial charge in [0.25, 0.3) is 0 Å². The lowest BCUT2D eigenvalue weighted by Crippen LogP contribution is -2.05. The topological polar surface area (TPSA) is 0 Å². The summed E-state index contributed by atoms with van der Waals surface area (Å²) in [5, 5.41) is 3.25. The van der Waals surface area contributed by atoms with Crippen molar-refractivity contribution in [3.63, 3.8) is 0 Å². The molecule has 3 aromatic rings. The molecule has 0 radical (unpaired) electrons. The van der Waals surface area contributed by atoms with E-state index in [4.69, 9.17) is 0 Å². The molecule has 2 aromatic carbocycles. The SMILES string of the molecule is CCc1c(CC)c(CC)c2c(sc3c(CC)c(CC)c(CC)c(CC)c32)c1CC. The molecule has 0 atom stereocenters. The number of benzene rings is 2. The summed E-state index contributed by atoms with van der Waals surface area (Å²) in [6, 6.07) is 0. The first-order valence-electron chi connectivity index (χ1n) is 12.1. The maximum absolute atomic E-state index is 2.37. The molecular formula is C28H40S. The molecule has 1 heterocycles. The van der Waals surface area contributed by atoms with Crippen LogP contribution in [0.5, 0.6) is 0 Å². The van der Waals surface area contributed by atoms with Gasteiger partial charge in [0.05, 0.1) is 0 Å². The van der Waals surface area contributed by atoms with Gasteiger partial charge in [0.15, 0.2) is 0 Å². The molecule has 0 spiro atoms. The van der Waals surface area contributed by atoms with Gasteiger partial charge in [-0.3, -0.25) is 0 Å². The van der Waals surface area contributed by atoms with E-state index in [1.54, 1.807) is 64.7 Å². The number of thiophene rings is 1. The van der Waals surface area contributed by atoms with E-state index in [-0.39, 0.29) is 0 Å². The summed E-state index contributed by atoms with van der Waals surface area (Å²) < 4.78 is 3.21. The molecule has 0 nitrogen and oxygen atoms in total. The van der Waals surface area contributed by atoms with Crippen molar-refractivity contribution >= 4 is 31.5 Å². The lowest BCUT2D eigenvalue weighted by molar-refractivity contribution is 0.958. The summed E-state index contributed by atoms with van der Waals surface area (Å²) in [5.41, 5.74) is 13.2. The zero-order valence-corrected chi connectivity index (χ0v) is 20.9. The zero-order valence-electron chi connectivity index (χ0n) is 20.1. The van der Waals surface area contributed by atoms with Gasteiger partial charge in [0.1, 0.15) is 0 Å². The summed E-state index contributed by atoms with van der Waals surface area (Å²) >= 11 is 2.12. The van der Waals surface area contributed by atoms with E-state index in [0.29, 0.717) is 0 Å². The van der Waals surface area contributed by atoms with Crippen LogP contribution in [-0.2, 0) is 51.4 Å². The molecule has 0 N–H and O–H groups in total. The number of hydrogen-bond acceptors (Lipinski definition) is 1. The highest BCUT2D eigenvalue weighted by molar-refractivity contribution is 7.26. The average Bonchev–Trinajstić information content (AvgIpc) is 3.14. The lowest BCUT2D eigenvalue weighted by atomic mass is 9.83. The highest BCUT2D eigenvalue weighted by Gasteiger charge is 2.24. The second kappa shape index (κ2) is 9.21. The summed E-state index contributed by atoms with van der Waals surface area (Å²) in [4.78, 5) is 0. The van der Waals surface area contributed by atoms with Crippen LogP contribution in [0.15, 0.2) is 0 Å².